The van der Waals surface area contributed by atoms with Crippen LogP contribution in [0.2, 0.25) is 0 Å². The SMILES string of the molecule is O=C(C(=O)N(Cc1ccccc1)Cc1ccccc1)c1c(-c2ccccc2)[nH]c2ccccc12. The first-order valence-electron chi connectivity index (χ1n) is 11.3. The lowest BCUT2D eigenvalue weighted by Crippen LogP contribution is -2.36. The van der Waals surface area contributed by atoms with Gasteiger partial charge < -0.3 is 9.88 Å². The number of fused-ring (bicyclic) bond motifs is 1. The van der Waals surface area contributed by atoms with Gasteiger partial charge in [-0.15, -0.1) is 0 Å². The molecule has 1 aromatic heterocycles. The number of hydrogen-bond acceptors (Lipinski definition) is 2. The van der Waals surface area contributed by atoms with Crippen molar-refractivity contribution in [2.45, 2.75) is 13.1 Å². The van der Waals surface area contributed by atoms with Crippen LogP contribution in [0.15, 0.2) is 115 Å². The van der Waals surface area contributed by atoms with E-state index in [1.807, 2.05) is 115 Å². The van der Waals surface area contributed by atoms with E-state index in [1.54, 1.807) is 4.90 Å². The zero-order chi connectivity index (χ0) is 23.3. The highest BCUT2D eigenvalue weighted by Gasteiger charge is 2.29. The van der Waals surface area contributed by atoms with Crippen LogP contribution in [0.25, 0.3) is 22.2 Å². The minimum Gasteiger partial charge on any atom is -0.354 e. The molecule has 0 radical (unpaired) electrons. The summed E-state index contributed by atoms with van der Waals surface area (Å²) in [7, 11) is 0. The number of carbonyl (C=O) groups is 2. The highest BCUT2D eigenvalue weighted by Crippen LogP contribution is 2.31. The Bertz CT molecular complexity index is 1380. The second kappa shape index (κ2) is 9.59. The Labute approximate surface area is 198 Å². The Balaban J connectivity index is 1.56. The summed E-state index contributed by atoms with van der Waals surface area (Å²) in [4.78, 5) is 32.6. The average Bonchev–Trinajstić information content (AvgIpc) is 3.29. The van der Waals surface area contributed by atoms with Crippen LogP contribution in [0.5, 0.6) is 0 Å². The summed E-state index contributed by atoms with van der Waals surface area (Å²) in [6, 6.07) is 36.8. The van der Waals surface area contributed by atoms with Crippen LogP contribution in [-0.2, 0) is 17.9 Å². The fourth-order valence-electron chi connectivity index (χ4n) is 4.26. The standard InChI is InChI=1S/C30H24N2O2/c33-29(27-25-18-10-11-19-26(25)31-28(27)24-16-8-3-9-17-24)30(34)32(20-22-12-4-1-5-13-22)21-23-14-6-2-7-15-23/h1-19,31H,20-21H2. The van der Waals surface area contributed by atoms with Crippen LogP contribution in [0.3, 0.4) is 0 Å². The van der Waals surface area contributed by atoms with Crippen molar-refractivity contribution in [3.8, 4) is 11.3 Å². The number of aromatic amines is 1. The van der Waals surface area contributed by atoms with Gasteiger partial charge >= 0.3 is 0 Å². The van der Waals surface area contributed by atoms with Crippen molar-refractivity contribution < 1.29 is 9.59 Å². The summed E-state index contributed by atoms with van der Waals surface area (Å²) in [6.07, 6.45) is 0. The molecule has 1 heterocycles. The number of rotatable bonds is 7. The van der Waals surface area contributed by atoms with Crippen molar-refractivity contribution in [1.29, 1.82) is 0 Å². The van der Waals surface area contributed by atoms with Gasteiger partial charge in [-0.25, -0.2) is 0 Å². The lowest BCUT2D eigenvalue weighted by Gasteiger charge is -2.22. The summed E-state index contributed by atoms with van der Waals surface area (Å²) in [5, 5.41) is 0.749. The average molecular weight is 445 g/mol. The number of ketones is 1. The predicted molar refractivity (Wildman–Crippen MR) is 135 cm³/mol. The van der Waals surface area contributed by atoms with Gasteiger partial charge in [0.15, 0.2) is 0 Å². The van der Waals surface area contributed by atoms with Crippen LogP contribution in [-0.4, -0.2) is 21.6 Å². The molecule has 0 fully saturated rings. The molecular weight excluding hydrogens is 420 g/mol. The number of aromatic nitrogens is 1. The van der Waals surface area contributed by atoms with E-state index in [9.17, 15) is 9.59 Å². The minimum absolute atomic E-state index is 0.351. The molecule has 0 saturated heterocycles. The molecule has 0 atom stereocenters. The molecule has 5 rings (SSSR count). The minimum atomic E-state index is -0.519. The molecule has 0 aliphatic carbocycles. The van der Waals surface area contributed by atoms with Gasteiger partial charge in [-0.2, -0.15) is 0 Å². The van der Waals surface area contributed by atoms with Gasteiger partial charge in [-0.3, -0.25) is 9.59 Å². The zero-order valence-corrected chi connectivity index (χ0v) is 18.6. The Morgan fingerprint density at radius 1 is 0.618 bits per heavy atom. The molecule has 4 aromatic carbocycles. The van der Waals surface area contributed by atoms with Gasteiger partial charge in [0.1, 0.15) is 0 Å². The van der Waals surface area contributed by atoms with Crippen molar-refractivity contribution in [3.63, 3.8) is 0 Å². The van der Waals surface area contributed by atoms with Crippen molar-refractivity contribution >= 4 is 22.6 Å². The van der Waals surface area contributed by atoms with E-state index in [1.165, 1.54) is 0 Å². The number of carbonyl (C=O) groups excluding carboxylic acids is 2. The maximum atomic E-state index is 13.8. The van der Waals surface area contributed by atoms with E-state index in [0.717, 1.165) is 27.6 Å². The molecule has 0 saturated carbocycles. The van der Waals surface area contributed by atoms with Crippen LogP contribution in [0.4, 0.5) is 0 Å². The van der Waals surface area contributed by atoms with Gasteiger partial charge in [-0.1, -0.05) is 109 Å². The van der Waals surface area contributed by atoms with Gasteiger partial charge in [0, 0.05) is 24.0 Å². The van der Waals surface area contributed by atoms with Crippen LogP contribution >= 0.6 is 0 Å². The maximum Gasteiger partial charge on any atom is 0.295 e. The van der Waals surface area contributed by atoms with Crippen LogP contribution < -0.4 is 0 Å². The lowest BCUT2D eigenvalue weighted by atomic mass is 10.0. The summed E-state index contributed by atoms with van der Waals surface area (Å²) in [6.45, 7) is 0.701. The van der Waals surface area contributed by atoms with E-state index in [4.69, 9.17) is 0 Å². The topological polar surface area (TPSA) is 53.2 Å². The van der Waals surface area contributed by atoms with E-state index in [2.05, 4.69) is 4.98 Å². The van der Waals surface area contributed by atoms with E-state index in [-0.39, 0.29) is 0 Å². The third kappa shape index (κ3) is 4.39. The third-order valence-electron chi connectivity index (χ3n) is 5.91. The number of nitrogens with one attached hydrogen (secondary N) is 1. The van der Waals surface area contributed by atoms with Crippen molar-refractivity contribution in [1.82, 2.24) is 9.88 Å². The van der Waals surface area contributed by atoms with Crippen molar-refractivity contribution in [2.24, 2.45) is 0 Å². The first kappa shape index (κ1) is 21.4. The molecule has 0 bridgehead atoms. The quantitative estimate of drug-likeness (QED) is 0.238. The summed E-state index contributed by atoms with van der Waals surface area (Å²) >= 11 is 0. The molecule has 1 N–H and O–H groups in total. The number of hydrogen-bond donors (Lipinski definition) is 1. The fraction of sp³-hybridized carbons (Fsp3) is 0.0667. The molecule has 5 aromatic rings. The van der Waals surface area contributed by atoms with Crippen molar-refractivity contribution in [2.75, 3.05) is 0 Å². The first-order chi connectivity index (χ1) is 16.7. The van der Waals surface area contributed by atoms with Gasteiger partial charge in [0.25, 0.3) is 11.7 Å². The van der Waals surface area contributed by atoms with E-state index < -0.39 is 11.7 Å². The van der Waals surface area contributed by atoms with E-state index >= 15 is 0 Å². The summed E-state index contributed by atoms with van der Waals surface area (Å²) in [5.41, 5.74) is 4.73. The van der Waals surface area contributed by atoms with Crippen molar-refractivity contribution in [3.05, 3.63) is 132 Å². The molecule has 0 aliphatic rings. The number of para-hydroxylation sites is 1. The molecule has 1 amide bonds. The number of nitrogens with zero attached hydrogens (tertiary/aromatic N) is 1. The molecule has 0 unspecified atom stereocenters. The predicted octanol–water partition coefficient (Wildman–Crippen LogP) is 6.25. The molecule has 4 nitrogen and oxygen atoms in total. The molecule has 4 heteroatoms. The Hall–Kier alpha value is -4.44. The molecule has 0 aliphatic heterocycles. The lowest BCUT2D eigenvalue weighted by molar-refractivity contribution is -0.127. The third-order valence-corrected chi connectivity index (χ3v) is 5.91. The number of amides is 1. The Kier molecular flexibility index (Phi) is 6.04. The molecule has 166 valence electrons. The Morgan fingerprint density at radius 2 is 1.12 bits per heavy atom. The molecule has 34 heavy (non-hydrogen) atoms. The smallest absolute Gasteiger partial charge is 0.295 e. The fourth-order valence-corrected chi connectivity index (χ4v) is 4.26. The Morgan fingerprint density at radius 3 is 1.71 bits per heavy atom. The number of Topliss-reactive ketones (excluding diaryl/α,β-unsaturated/α-hetero) is 1. The highest BCUT2D eigenvalue weighted by atomic mass is 16.2. The highest BCUT2D eigenvalue weighted by molar-refractivity contribution is 6.46. The largest absolute Gasteiger partial charge is 0.354 e. The normalized spacial score (nSPS) is 10.8. The summed E-state index contributed by atoms with van der Waals surface area (Å²) < 4.78 is 0. The van der Waals surface area contributed by atoms with Gasteiger partial charge in [0.2, 0.25) is 0 Å². The second-order valence-corrected chi connectivity index (χ2v) is 8.25. The van der Waals surface area contributed by atoms with Gasteiger partial charge in [-0.05, 0) is 22.8 Å². The van der Waals surface area contributed by atoms with Crippen LogP contribution in [0, 0.1) is 0 Å². The second-order valence-electron chi connectivity index (χ2n) is 8.25. The maximum absolute atomic E-state index is 13.8. The first-order valence-corrected chi connectivity index (χ1v) is 11.3. The zero-order valence-electron chi connectivity index (χ0n) is 18.6. The monoisotopic (exact) mass is 444 g/mol. The van der Waals surface area contributed by atoms with E-state index in [0.29, 0.717) is 24.3 Å². The molecular formula is C30H24N2O2. The summed E-state index contributed by atoms with van der Waals surface area (Å²) in [5.74, 6) is -1.03. The number of H-pyrrole nitrogens is 1. The molecule has 0 spiro atoms. The number of benzene rings is 4. The van der Waals surface area contributed by atoms with Crippen LogP contribution in [0.1, 0.15) is 21.5 Å². The van der Waals surface area contributed by atoms with Gasteiger partial charge in [0.05, 0.1) is 11.3 Å².